The van der Waals surface area contributed by atoms with Crippen LogP contribution in [0.15, 0.2) is 42.9 Å². The molecule has 0 N–H and O–H groups in total. The van der Waals surface area contributed by atoms with Gasteiger partial charge in [-0.2, -0.15) is 13.2 Å². The number of rotatable bonds is 4. The van der Waals surface area contributed by atoms with Gasteiger partial charge in [-0.25, -0.2) is 28.1 Å². The van der Waals surface area contributed by atoms with Crippen LogP contribution in [0.2, 0.25) is 0 Å². The van der Waals surface area contributed by atoms with Gasteiger partial charge in [-0.3, -0.25) is 4.79 Å². The summed E-state index contributed by atoms with van der Waals surface area (Å²) in [6.45, 7) is 0.368. The maximum Gasteiger partial charge on any atom is 0.417 e. The highest BCUT2D eigenvalue weighted by Gasteiger charge is 2.76. The van der Waals surface area contributed by atoms with Gasteiger partial charge in [-0.15, -0.1) is 0 Å². The van der Waals surface area contributed by atoms with Crippen LogP contribution >= 0.6 is 0 Å². The van der Waals surface area contributed by atoms with Gasteiger partial charge in [0.2, 0.25) is 0 Å². The van der Waals surface area contributed by atoms with E-state index in [0.29, 0.717) is 25.2 Å². The lowest BCUT2D eigenvalue weighted by Gasteiger charge is -2.47. The van der Waals surface area contributed by atoms with E-state index >= 15 is 0 Å². The molecule has 0 bridgehead atoms. The highest BCUT2D eigenvalue weighted by atomic mass is 19.4. The highest BCUT2D eigenvalue weighted by molar-refractivity contribution is 6.01. The van der Waals surface area contributed by atoms with Crippen molar-refractivity contribution in [1.29, 1.82) is 0 Å². The molecule has 1 spiro atoms. The number of nitrogens with zero attached hydrogens (tertiary/aromatic N) is 4. The third kappa shape index (κ3) is 3.41. The normalized spacial score (nSPS) is 26.2. The quantitative estimate of drug-likeness (QED) is 0.482. The van der Waals surface area contributed by atoms with Crippen molar-refractivity contribution in [3.63, 3.8) is 0 Å². The van der Waals surface area contributed by atoms with Crippen LogP contribution in [0, 0.1) is 28.8 Å². The van der Waals surface area contributed by atoms with E-state index in [2.05, 4.69) is 15.0 Å². The first kappa shape index (κ1) is 22.7. The fourth-order valence-corrected chi connectivity index (χ4v) is 5.59. The Morgan fingerprint density at radius 1 is 1.03 bits per heavy atom. The van der Waals surface area contributed by atoms with E-state index in [9.17, 15) is 31.1 Å². The first-order chi connectivity index (χ1) is 17.1. The van der Waals surface area contributed by atoms with Crippen LogP contribution in [-0.2, 0) is 6.18 Å². The van der Waals surface area contributed by atoms with Crippen LogP contribution in [0.25, 0.3) is 11.4 Å². The summed E-state index contributed by atoms with van der Waals surface area (Å²) >= 11 is 0. The van der Waals surface area contributed by atoms with Gasteiger partial charge in [-0.1, -0.05) is 6.07 Å². The molecule has 186 valence electrons. The Morgan fingerprint density at radius 2 is 1.78 bits per heavy atom. The van der Waals surface area contributed by atoms with Gasteiger partial charge in [0, 0.05) is 18.2 Å². The lowest BCUT2D eigenvalue weighted by Crippen LogP contribution is -2.59. The van der Waals surface area contributed by atoms with E-state index in [1.54, 1.807) is 0 Å². The smallest absolute Gasteiger partial charge is 0.417 e. The molecule has 36 heavy (non-hydrogen) atoms. The lowest BCUT2D eigenvalue weighted by atomic mass is 9.73. The average Bonchev–Trinajstić information content (AvgIpc) is 3.48. The summed E-state index contributed by atoms with van der Waals surface area (Å²) in [6, 6.07) is 3.74. The maximum absolute atomic E-state index is 14.8. The van der Waals surface area contributed by atoms with Gasteiger partial charge in [0.1, 0.15) is 11.9 Å². The first-order valence-corrected chi connectivity index (χ1v) is 11.1. The number of piperidine rings is 1. The third-order valence-electron chi connectivity index (χ3n) is 7.30. The van der Waals surface area contributed by atoms with Crippen LogP contribution in [0.4, 0.5) is 26.3 Å². The zero-order valence-electron chi connectivity index (χ0n) is 18.3. The molecule has 0 radical (unpaired) electrons. The Hall–Kier alpha value is -3.70. The number of likely N-dealkylation sites (tertiary alicyclic amines) is 1. The zero-order chi connectivity index (χ0) is 25.4. The van der Waals surface area contributed by atoms with Crippen molar-refractivity contribution < 1.29 is 35.9 Å². The van der Waals surface area contributed by atoms with E-state index in [0.717, 1.165) is 24.9 Å². The van der Waals surface area contributed by atoms with Gasteiger partial charge < -0.3 is 9.64 Å². The highest BCUT2D eigenvalue weighted by Crippen LogP contribution is 2.71. The number of hydrogen-bond donors (Lipinski definition) is 0. The third-order valence-corrected chi connectivity index (χ3v) is 7.30. The molecule has 3 fully saturated rings. The molecule has 4 unspecified atom stereocenters. The van der Waals surface area contributed by atoms with E-state index in [-0.39, 0.29) is 28.3 Å². The number of alkyl halides is 3. The van der Waals surface area contributed by atoms with E-state index in [1.807, 2.05) is 0 Å². The predicted octanol–water partition coefficient (Wildman–Crippen LogP) is 4.66. The van der Waals surface area contributed by atoms with Crippen LogP contribution in [0.1, 0.15) is 28.8 Å². The summed E-state index contributed by atoms with van der Waals surface area (Å²) in [4.78, 5) is 26.2. The number of pyridine rings is 1. The molecule has 2 saturated carbocycles. The van der Waals surface area contributed by atoms with Crippen molar-refractivity contribution in [2.24, 2.45) is 11.3 Å². The number of aromatic nitrogens is 3. The summed E-state index contributed by atoms with van der Waals surface area (Å²) < 4.78 is 86.5. The molecule has 12 heteroatoms. The van der Waals surface area contributed by atoms with Gasteiger partial charge in [-0.05, 0) is 37.0 Å². The molecule has 3 aromatic rings. The summed E-state index contributed by atoms with van der Waals surface area (Å²) in [5, 5.41) is 0. The first-order valence-electron chi connectivity index (χ1n) is 11.1. The molecule has 3 aliphatic rings. The standard InChI is InChI=1S/C24H16F6N4O2/c25-13-8-31-20(32-9-13)18-14(2-1-3-15(18)26)22(35)34-10-12-5-23(12)6-17(19(23)34)36-21-16(27)4-11(7-33-21)24(28,29)30/h1-4,7-9,12,17,19H,5-6,10H2. The summed E-state index contributed by atoms with van der Waals surface area (Å²) in [6.07, 6.45) is -1.90. The van der Waals surface area contributed by atoms with E-state index < -0.39 is 53.1 Å². The molecule has 1 aromatic carbocycles. The molecule has 3 heterocycles. The second kappa shape index (κ2) is 7.65. The van der Waals surface area contributed by atoms with Gasteiger partial charge in [0.25, 0.3) is 11.8 Å². The summed E-state index contributed by atoms with van der Waals surface area (Å²) in [7, 11) is 0. The molecule has 1 aliphatic heterocycles. The molecular weight excluding hydrogens is 490 g/mol. The minimum Gasteiger partial charge on any atom is -0.470 e. The molecule has 4 atom stereocenters. The number of halogens is 6. The Bertz CT molecular complexity index is 1380. The van der Waals surface area contributed by atoms with Gasteiger partial charge >= 0.3 is 6.18 Å². The van der Waals surface area contributed by atoms with Crippen molar-refractivity contribution in [2.45, 2.75) is 31.2 Å². The number of carbonyl (C=O) groups is 1. The number of carbonyl (C=O) groups excluding carboxylic acids is 1. The maximum atomic E-state index is 14.8. The minimum absolute atomic E-state index is 0.0254. The van der Waals surface area contributed by atoms with Crippen molar-refractivity contribution in [1.82, 2.24) is 19.9 Å². The zero-order valence-corrected chi connectivity index (χ0v) is 18.3. The lowest BCUT2D eigenvalue weighted by molar-refractivity contribution is -0.138. The number of hydrogen-bond acceptors (Lipinski definition) is 5. The van der Waals surface area contributed by atoms with Gasteiger partial charge in [0.15, 0.2) is 17.5 Å². The fourth-order valence-electron chi connectivity index (χ4n) is 5.59. The van der Waals surface area contributed by atoms with Crippen LogP contribution in [-0.4, -0.2) is 44.4 Å². The molecule has 1 amide bonds. The largest absolute Gasteiger partial charge is 0.470 e. The molecule has 2 aromatic heterocycles. The van der Waals surface area contributed by atoms with E-state index in [1.165, 1.54) is 17.0 Å². The molecule has 6 rings (SSSR count). The van der Waals surface area contributed by atoms with Crippen molar-refractivity contribution >= 4 is 5.91 Å². The van der Waals surface area contributed by atoms with Crippen molar-refractivity contribution in [3.8, 4) is 17.3 Å². The van der Waals surface area contributed by atoms with Crippen molar-refractivity contribution in [2.75, 3.05) is 6.54 Å². The number of benzene rings is 1. The number of ether oxygens (including phenoxy) is 1. The Balaban J connectivity index is 1.28. The van der Waals surface area contributed by atoms with Crippen LogP contribution in [0.5, 0.6) is 5.88 Å². The second-order valence-corrected chi connectivity index (χ2v) is 9.29. The van der Waals surface area contributed by atoms with Crippen LogP contribution < -0.4 is 4.74 Å². The number of amides is 1. The van der Waals surface area contributed by atoms with Gasteiger partial charge in [0.05, 0.1) is 35.1 Å². The Morgan fingerprint density at radius 3 is 2.47 bits per heavy atom. The Labute approximate surface area is 199 Å². The molecular formula is C24H16F6N4O2. The Kier molecular flexibility index (Phi) is 4.83. The second-order valence-electron chi connectivity index (χ2n) is 9.29. The minimum atomic E-state index is -4.75. The molecule has 2 aliphatic carbocycles. The average molecular weight is 506 g/mol. The molecule has 6 nitrogen and oxygen atoms in total. The summed E-state index contributed by atoms with van der Waals surface area (Å²) in [5.74, 6) is -3.80. The SMILES string of the molecule is O=C(c1cccc(F)c1-c1ncc(F)cn1)N1CC2CC23CC(Oc2ncc(C(F)(F)F)cc2F)C13. The summed E-state index contributed by atoms with van der Waals surface area (Å²) in [5.41, 5.74) is -1.66. The fraction of sp³-hybridized carbons (Fsp3) is 0.333. The van der Waals surface area contributed by atoms with Crippen molar-refractivity contribution in [3.05, 3.63) is 71.4 Å². The van der Waals surface area contributed by atoms with E-state index in [4.69, 9.17) is 4.74 Å². The monoisotopic (exact) mass is 506 g/mol. The molecule has 1 saturated heterocycles. The predicted molar refractivity (Wildman–Crippen MR) is 111 cm³/mol. The topological polar surface area (TPSA) is 68.2 Å². The van der Waals surface area contributed by atoms with Crippen LogP contribution in [0.3, 0.4) is 0 Å².